The van der Waals surface area contributed by atoms with Crippen LogP contribution in [-0.4, -0.2) is 28.2 Å². The molecule has 3 aromatic rings. The first-order valence-electron chi connectivity index (χ1n) is 5.96. The van der Waals surface area contributed by atoms with Crippen molar-refractivity contribution in [3.05, 3.63) is 41.5 Å². The predicted octanol–water partition coefficient (Wildman–Crippen LogP) is 3.19. The smallest absolute Gasteiger partial charge is 0.335 e. The Hall–Kier alpha value is -2.67. The molecule has 6 nitrogen and oxygen atoms in total. The molecule has 0 fully saturated rings. The Morgan fingerprint density at radius 3 is 2.86 bits per heavy atom. The first-order chi connectivity index (χ1) is 10.2. The maximum atomic E-state index is 11.1. The van der Waals surface area contributed by atoms with Crippen LogP contribution in [0.2, 0.25) is 0 Å². The molecular formula is C14H10N2O4S. The molecule has 106 valence electrons. The second kappa shape index (κ2) is 5.37. The molecule has 0 saturated carbocycles. The standard InChI is InChI=1S/C14H10N2O4S/c1-19-10-3-2-8(14(17)18)6-11(10)20-13-12-9(4-5-21-12)15-7-16-13/h2-7H,1H3,(H,17,18). The van der Waals surface area contributed by atoms with E-state index in [-0.39, 0.29) is 5.56 Å². The zero-order chi connectivity index (χ0) is 14.8. The zero-order valence-electron chi connectivity index (χ0n) is 10.9. The normalized spacial score (nSPS) is 10.5. The number of fused-ring (bicyclic) bond motifs is 1. The second-order valence-electron chi connectivity index (χ2n) is 4.09. The molecule has 2 aromatic heterocycles. The predicted molar refractivity (Wildman–Crippen MR) is 77.4 cm³/mol. The van der Waals surface area contributed by atoms with Gasteiger partial charge in [-0.2, -0.15) is 0 Å². The van der Waals surface area contributed by atoms with Gasteiger partial charge in [0.1, 0.15) is 11.0 Å². The molecule has 0 amide bonds. The third-order valence-electron chi connectivity index (χ3n) is 2.83. The summed E-state index contributed by atoms with van der Waals surface area (Å²) in [5.74, 6) is 0.0661. The van der Waals surface area contributed by atoms with E-state index in [1.165, 1.54) is 36.9 Å². The lowest BCUT2D eigenvalue weighted by atomic mass is 10.2. The van der Waals surface area contributed by atoms with Crippen LogP contribution in [-0.2, 0) is 0 Å². The van der Waals surface area contributed by atoms with Gasteiger partial charge < -0.3 is 14.6 Å². The highest BCUT2D eigenvalue weighted by Crippen LogP contribution is 2.35. The minimum atomic E-state index is -1.04. The number of ether oxygens (including phenoxy) is 2. The molecule has 0 aliphatic heterocycles. The topological polar surface area (TPSA) is 81.5 Å². The van der Waals surface area contributed by atoms with Gasteiger partial charge in [-0.05, 0) is 29.6 Å². The van der Waals surface area contributed by atoms with E-state index in [0.717, 1.165) is 10.2 Å². The van der Waals surface area contributed by atoms with Crippen LogP contribution in [0.25, 0.3) is 10.2 Å². The summed E-state index contributed by atoms with van der Waals surface area (Å²) in [5, 5.41) is 10.9. The summed E-state index contributed by atoms with van der Waals surface area (Å²) in [6.07, 6.45) is 1.40. The summed E-state index contributed by atoms with van der Waals surface area (Å²) in [6.45, 7) is 0. The number of aromatic carboxylic acids is 1. The molecule has 0 atom stereocenters. The molecule has 0 spiro atoms. The summed E-state index contributed by atoms with van der Waals surface area (Å²) >= 11 is 1.45. The quantitative estimate of drug-likeness (QED) is 0.797. The molecule has 1 aromatic carbocycles. The second-order valence-corrected chi connectivity index (χ2v) is 5.00. The molecule has 7 heteroatoms. The van der Waals surface area contributed by atoms with Crippen LogP contribution < -0.4 is 9.47 Å². The van der Waals surface area contributed by atoms with Crippen molar-refractivity contribution >= 4 is 27.5 Å². The first kappa shape index (κ1) is 13.3. The van der Waals surface area contributed by atoms with E-state index in [9.17, 15) is 4.79 Å². The Bertz CT molecular complexity index is 816. The van der Waals surface area contributed by atoms with Crippen molar-refractivity contribution < 1.29 is 19.4 Å². The number of aromatic nitrogens is 2. The SMILES string of the molecule is COc1ccc(C(=O)O)cc1Oc1ncnc2ccsc12. The molecule has 21 heavy (non-hydrogen) atoms. The number of thiophene rings is 1. The molecule has 0 bridgehead atoms. The molecule has 1 N–H and O–H groups in total. The van der Waals surface area contributed by atoms with Gasteiger partial charge in [0.15, 0.2) is 11.5 Å². The van der Waals surface area contributed by atoms with Gasteiger partial charge in [0, 0.05) is 0 Å². The van der Waals surface area contributed by atoms with E-state index in [4.69, 9.17) is 14.6 Å². The van der Waals surface area contributed by atoms with E-state index < -0.39 is 5.97 Å². The van der Waals surface area contributed by atoms with E-state index >= 15 is 0 Å². The van der Waals surface area contributed by atoms with Gasteiger partial charge in [0.05, 0.1) is 18.2 Å². The van der Waals surface area contributed by atoms with Gasteiger partial charge in [-0.15, -0.1) is 11.3 Å². The molecule has 2 heterocycles. The number of hydrogen-bond donors (Lipinski definition) is 1. The number of carboxylic acid groups (broad SMARTS) is 1. The molecular weight excluding hydrogens is 292 g/mol. The third kappa shape index (κ3) is 2.50. The van der Waals surface area contributed by atoms with Crippen molar-refractivity contribution in [3.8, 4) is 17.4 Å². The number of nitrogens with zero attached hydrogens (tertiary/aromatic N) is 2. The van der Waals surface area contributed by atoms with E-state index in [1.54, 1.807) is 6.07 Å². The minimum Gasteiger partial charge on any atom is -0.493 e. The van der Waals surface area contributed by atoms with Gasteiger partial charge in [0.25, 0.3) is 0 Å². The fraction of sp³-hybridized carbons (Fsp3) is 0.0714. The molecule has 0 radical (unpaired) electrons. The van der Waals surface area contributed by atoms with Gasteiger partial charge in [0.2, 0.25) is 5.88 Å². The van der Waals surface area contributed by atoms with Crippen molar-refractivity contribution in [1.82, 2.24) is 9.97 Å². The summed E-state index contributed by atoms with van der Waals surface area (Å²) < 4.78 is 11.7. The Morgan fingerprint density at radius 2 is 2.10 bits per heavy atom. The molecule has 3 rings (SSSR count). The minimum absolute atomic E-state index is 0.113. The lowest BCUT2D eigenvalue weighted by Gasteiger charge is -2.10. The lowest BCUT2D eigenvalue weighted by Crippen LogP contribution is -1.99. The van der Waals surface area contributed by atoms with Gasteiger partial charge in [-0.25, -0.2) is 14.8 Å². The number of rotatable bonds is 4. The monoisotopic (exact) mass is 302 g/mol. The summed E-state index contributed by atoms with van der Waals surface area (Å²) in [5.41, 5.74) is 0.889. The number of carbonyl (C=O) groups is 1. The highest BCUT2D eigenvalue weighted by atomic mass is 32.1. The number of hydrogen-bond acceptors (Lipinski definition) is 6. The van der Waals surface area contributed by atoms with Crippen LogP contribution in [0.1, 0.15) is 10.4 Å². The maximum absolute atomic E-state index is 11.1. The summed E-state index contributed by atoms with van der Waals surface area (Å²) in [4.78, 5) is 19.3. The summed E-state index contributed by atoms with van der Waals surface area (Å²) in [6, 6.07) is 6.27. The van der Waals surface area contributed by atoms with Crippen molar-refractivity contribution in [1.29, 1.82) is 0 Å². The van der Waals surface area contributed by atoms with Crippen LogP contribution in [0.5, 0.6) is 17.4 Å². The largest absolute Gasteiger partial charge is 0.493 e. The van der Waals surface area contributed by atoms with E-state index in [1.807, 2.05) is 11.4 Å². The Morgan fingerprint density at radius 1 is 1.24 bits per heavy atom. The van der Waals surface area contributed by atoms with Crippen molar-refractivity contribution in [2.45, 2.75) is 0 Å². The average Bonchev–Trinajstić information content (AvgIpc) is 2.96. The highest BCUT2D eigenvalue weighted by molar-refractivity contribution is 7.17. The number of carboxylic acids is 1. The fourth-order valence-corrected chi connectivity index (χ4v) is 2.60. The Labute approximate surface area is 123 Å². The Kier molecular flexibility index (Phi) is 3.41. The fourth-order valence-electron chi connectivity index (χ4n) is 1.83. The van der Waals surface area contributed by atoms with Crippen LogP contribution in [0.3, 0.4) is 0 Å². The first-order valence-corrected chi connectivity index (χ1v) is 6.84. The molecule has 0 aliphatic carbocycles. The number of benzene rings is 1. The van der Waals surface area contributed by atoms with Crippen LogP contribution in [0, 0.1) is 0 Å². The molecule has 0 unspecified atom stereocenters. The molecule has 0 aliphatic rings. The highest BCUT2D eigenvalue weighted by Gasteiger charge is 2.14. The van der Waals surface area contributed by atoms with Crippen molar-refractivity contribution in [3.63, 3.8) is 0 Å². The average molecular weight is 302 g/mol. The van der Waals surface area contributed by atoms with Crippen molar-refractivity contribution in [2.24, 2.45) is 0 Å². The van der Waals surface area contributed by atoms with Gasteiger partial charge >= 0.3 is 5.97 Å². The molecule has 0 saturated heterocycles. The van der Waals surface area contributed by atoms with Crippen LogP contribution in [0.4, 0.5) is 0 Å². The van der Waals surface area contributed by atoms with E-state index in [0.29, 0.717) is 17.4 Å². The third-order valence-corrected chi connectivity index (χ3v) is 3.72. The van der Waals surface area contributed by atoms with Crippen LogP contribution >= 0.6 is 11.3 Å². The summed E-state index contributed by atoms with van der Waals surface area (Å²) in [7, 11) is 1.49. The maximum Gasteiger partial charge on any atom is 0.335 e. The lowest BCUT2D eigenvalue weighted by molar-refractivity contribution is 0.0696. The van der Waals surface area contributed by atoms with E-state index in [2.05, 4.69) is 9.97 Å². The van der Waals surface area contributed by atoms with Crippen LogP contribution in [0.15, 0.2) is 36.0 Å². The zero-order valence-corrected chi connectivity index (χ0v) is 11.8. The van der Waals surface area contributed by atoms with Crippen molar-refractivity contribution in [2.75, 3.05) is 7.11 Å². The van der Waals surface area contributed by atoms with Gasteiger partial charge in [-0.3, -0.25) is 0 Å². The van der Waals surface area contributed by atoms with Gasteiger partial charge in [-0.1, -0.05) is 0 Å². The number of methoxy groups -OCH3 is 1. The Balaban J connectivity index is 2.06.